The second kappa shape index (κ2) is 7.18. The number of ether oxygens (including phenoxy) is 1. The number of benzene rings is 2. The number of carbonyl (C=O) groups excluding carboxylic acids is 1. The molecule has 9 nitrogen and oxygen atoms in total. The van der Waals surface area contributed by atoms with E-state index in [-0.39, 0.29) is 29.9 Å². The van der Waals surface area contributed by atoms with Crippen LogP contribution in [0.3, 0.4) is 0 Å². The summed E-state index contributed by atoms with van der Waals surface area (Å²) in [6.45, 7) is 0.243. The second-order valence-electron chi connectivity index (χ2n) is 8.23. The number of amides is 1. The normalized spacial score (nSPS) is 18.2. The summed E-state index contributed by atoms with van der Waals surface area (Å²) in [4.78, 5) is 31.8. The monoisotopic (exact) mass is 457 g/mol. The zero-order valence-corrected chi connectivity index (χ0v) is 17.6. The number of imidazole rings is 1. The summed E-state index contributed by atoms with van der Waals surface area (Å²) in [5.41, 5.74) is 0.446. The van der Waals surface area contributed by atoms with Crippen molar-refractivity contribution in [3.05, 3.63) is 82.4 Å². The lowest BCUT2D eigenvalue weighted by Gasteiger charge is -2.26. The van der Waals surface area contributed by atoms with Gasteiger partial charge in [-0.2, -0.15) is 5.26 Å². The van der Waals surface area contributed by atoms with Gasteiger partial charge in [-0.25, -0.2) is 23.5 Å². The molecule has 0 unspecified atom stereocenters. The molecule has 34 heavy (non-hydrogen) atoms. The number of nitrogens with zero attached hydrogens (tertiary/aromatic N) is 5. The van der Waals surface area contributed by atoms with Crippen LogP contribution >= 0.6 is 0 Å². The first kappa shape index (κ1) is 20.0. The molecular weight excluding hydrogens is 441 g/mol. The maximum absolute atomic E-state index is 13.4. The van der Waals surface area contributed by atoms with Crippen molar-refractivity contribution in [2.45, 2.75) is 18.5 Å². The number of likely N-dealkylation sites (tertiary alicyclic amines) is 1. The molecule has 2 aliphatic heterocycles. The molecule has 1 fully saturated rings. The number of halogens is 1. The van der Waals surface area contributed by atoms with E-state index in [2.05, 4.69) is 4.98 Å². The number of fused-ring (bicyclic) bond motifs is 6. The number of carbonyl (C=O) groups is 1. The molecule has 4 aromatic rings. The van der Waals surface area contributed by atoms with Gasteiger partial charge >= 0.3 is 11.8 Å². The molecule has 0 saturated carbocycles. The van der Waals surface area contributed by atoms with Gasteiger partial charge in [-0.15, -0.1) is 0 Å². The fraction of sp³-hybridized carbons (Fsp3) is 0.167. The minimum Gasteiger partial charge on any atom is -0.493 e. The van der Waals surface area contributed by atoms with E-state index in [9.17, 15) is 24.3 Å². The topological polar surface area (TPSA) is 113 Å². The largest absolute Gasteiger partial charge is 0.493 e. The molecule has 2 aromatic heterocycles. The van der Waals surface area contributed by atoms with Gasteiger partial charge in [-0.1, -0.05) is 24.3 Å². The van der Waals surface area contributed by atoms with Crippen LogP contribution in [0.25, 0.3) is 16.5 Å². The average Bonchev–Trinajstić information content (AvgIpc) is 3.51. The lowest BCUT2D eigenvalue weighted by atomic mass is 10.1. The summed E-state index contributed by atoms with van der Waals surface area (Å²) < 4.78 is 21.2. The van der Waals surface area contributed by atoms with Gasteiger partial charge in [0.05, 0.1) is 24.0 Å². The molecule has 10 heteroatoms. The molecular formula is C24H16FN5O4. The van der Waals surface area contributed by atoms with Crippen LogP contribution in [0.5, 0.6) is 11.6 Å². The highest BCUT2D eigenvalue weighted by atomic mass is 19.1. The van der Waals surface area contributed by atoms with Gasteiger partial charge in [0, 0.05) is 17.3 Å². The molecule has 2 aromatic carbocycles. The molecule has 6 rings (SSSR count). The second-order valence-corrected chi connectivity index (χ2v) is 8.23. The summed E-state index contributed by atoms with van der Waals surface area (Å²) in [5.74, 6) is -0.531. The Morgan fingerprint density at radius 1 is 1.18 bits per heavy atom. The number of rotatable bonds is 2. The van der Waals surface area contributed by atoms with Crippen LogP contribution in [-0.4, -0.2) is 36.8 Å². The number of pyridine rings is 1. The highest BCUT2D eigenvalue weighted by Gasteiger charge is 2.50. The summed E-state index contributed by atoms with van der Waals surface area (Å²) in [6, 6.07) is 13.3. The minimum absolute atomic E-state index is 0.198. The number of hydrogen-bond acceptors (Lipinski definition) is 6. The number of aromatic hydroxyl groups is 1. The molecule has 0 spiro atoms. The summed E-state index contributed by atoms with van der Waals surface area (Å²) in [6.07, 6.45) is 1.22. The molecule has 1 amide bonds. The fourth-order valence-corrected chi connectivity index (χ4v) is 4.97. The van der Waals surface area contributed by atoms with Crippen LogP contribution in [0, 0.1) is 17.1 Å². The minimum atomic E-state index is -0.643. The van der Waals surface area contributed by atoms with Gasteiger partial charge in [0.15, 0.2) is 0 Å². The van der Waals surface area contributed by atoms with E-state index < -0.39 is 23.6 Å². The van der Waals surface area contributed by atoms with E-state index in [4.69, 9.17) is 4.74 Å². The van der Waals surface area contributed by atoms with Gasteiger partial charge in [0.25, 0.3) is 0 Å². The van der Waals surface area contributed by atoms with Crippen molar-refractivity contribution in [3.63, 3.8) is 0 Å². The molecule has 0 aliphatic carbocycles. The van der Waals surface area contributed by atoms with Crippen molar-refractivity contribution in [3.8, 4) is 23.4 Å². The maximum atomic E-state index is 13.4. The molecule has 0 radical (unpaired) electrons. The highest BCUT2D eigenvalue weighted by molar-refractivity contribution is 5.93. The predicted octanol–water partition coefficient (Wildman–Crippen LogP) is 3.40. The quantitative estimate of drug-likeness (QED) is 0.494. The molecule has 1 saturated heterocycles. The first-order chi connectivity index (χ1) is 16.5. The van der Waals surface area contributed by atoms with Gasteiger partial charge in [0.2, 0.25) is 5.88 Å². The van der Waals surface area contributed by atoms with Crippen molar-refractivity contribution < 1.29 is 19.0 Å². The average molecular weight is 457 g/mol. The third-order valence-corrected chi connectivity index (χ3v) is 6.43. The van der Waals surface area contributed by atoms with E-state index in [1.807, 2.05) is 6.07 Å². The Hall–Kier alpha value is -4.65. The van der Waals surface area contributed by atoms with Crippen LogP contribution < -0.4 is 10.4 Å². The van der Waals surface area contributed by atoms with Crippen molar-refractivity contribution >= 4 is 16.9 Å². The van der Waals surface area contributed by atoms with Crippen molar-refractivity contribution in [2.75, 3.05) is 6.54 Å². The Kier molecular flexibility index (Phi) is 4.22. The highest BCUT2D eigenvalue weighted by Crippen LogP contribution is 2.49. The van der Waals surface area contributed by atoms with Crippen LogP contribution in [-0.2, 0) is 0 Å². The smallest absolute Gasteiger partial charge is 0.415 e. The zero-order valence-electron chi connectivity index (χ0n) is 17.6. The van der Waals surface area contributed by atoms with Crippen molar-refractivity contribution in [1.29, 1.82) is 5.26 Å². The van der Waals surface area contributed by atoms with Gasteiger partial charge in [0.1, 0.15) is 29.0 Å². The van der Waals surface area contributed by atoms with Crippen molar-refractivity contribution in [2.24, 2.45) is 0 Å². The standard InChI is InChI=1S/C24H16FN5O4/c25-13-5-7-15(8-6-13)34-24(33)28-12-14-9-19(28)21-22(31)30(23(32)29(14)21)20-11-27-18(10-26)16-3-1-2-4-17(16)20/h1-8,11,14,19,31H,9,12H2/t14-,19-/m0/s1. The van der Waals surface area contributed by atoms with Gasteiger partial charge in [-0.05, 0) is 30.7 Å². The molecule has 2 aliphatic rings. The van der Waals surface area contributed by atoms with Gasteiger partial charge in [-0.3, -0.25) is 9.47 Å². The Bertz CT molecular complexity index is 1580. The number of hydrogen-bond donors (Lipinski definition) is 1. The summed E-state index contributed by atoms with van der Waals surface area (Å²) in [5, 5.41) is 21.7. The van der Waals surface area contributed by atoms with Gasteiger partial charge < -0.3 is 9.84 Å². The zero-order chi connectivity index (χ0) is 23.6. The van der Waals surface area contributed by atoms with E-state index >= 15 is 0 Å². The Labute approximate surface area is 191 Å². The van der Waals surface area contributed by atoms with E-state index in [0.717, 1.165) is 0 Å². The predicted molar refractivity (Wildman–Crippen MR) is 117 cm³/mol. The Balaban J connectivity index is 1.41. The first-order valence-electron chi connectivity index (χ1n) is 10.6. The third-order valence-electron chi connectivity index (χ3n) is 6.43. The molecule has 4 heterocycles. The Morgan fingerprint density at radius 2 is 1.91 bits per heavy atom. The lowest BCUT2D eigenvalue weighted by Crippen LogP contribution is -2.39. The van der Waals surface area contributed by atoms with Crippen LogP contribution in [0.4, 0.5) is 9.18 Å². The molecule has 2 atom stereocenters. The molecule has 1 N–H and O–H groups in total. The van der Waals surface area contributed by atoms with Crippen LogP contribution in [0.15, 0.2) is 59.5 Å². The van der Waals surface area contributed by atoms with Crippen LogP contribution in [0.1, 0.15) is 29.9 Å². The summed E-state index contributed by atoms with van der Waals surface area (Å²) in [7, 11) is 0. The van der Waals surface area contributed by atoms with E-state index in [0.29, 0.717) is 28.6 Å². The fourth-order valence-electron chi connectivity index (χ4n) is 4.97. The third kappa shape index (κ3) is 2.73. The van der Waals surface area contributed by atoms with E-state index in [1.54, 1.807) is 24.3 Å². The number of nitriles is 1. The first-order valence-corrected chi connectivity index (χ1v) is 10.6. The van der Waals surface area contributed by atoms with Crippen molar-refractivity contribution in [1.82, 2.24) is 19.0 Å². The lowest BCUT2D eigenvalue weighted by molar-refractivity contribution is 0.140. The molecule has 168 valence electrons. The number of aromatic nitrogens is 3. The maximum Gasteiger partial charge on any atom is 0.415 e. The van der Waals surface area contributed by atoms with Crippen LogP contribution in [0.2, 0.25) is 0 Å². The summed E-state index contributed by atoms with van der Waals surface area (Å²) >= 11 is 0. The molecule has 2 bridgehead atoms. The SMILES string of the molecule is N#Cc1ncc(-n2c(O)c3n(c2=O)[C@H]2C[C@@H]3N(C(=O)Oc3ccc(F)cc3)C2)c2ccccc12. The van der Waals surface area contributed by atoms with E-state index in [1.165, 1.54) is 44.5 Å². The Morgan fingerprint density at radius 3 is 2.65 bits per heavy atom.